The van der Waals surface area contributed by atoms with Crippen molar-refractivity contribution in [2.45, 2.75) is 31.8 Å². The number of carbonyl (C=O) groups is 1. The van der Waals surface area contributed by atoms with Gasteiger partial charge in [-0.15, -0.1) is 0 Å². The van der Waals surface area contributed by atoms with Crippen LogP contribution in [0.15, 0.2) is 6.07 Å². The van der Waals surface area contributed by atoms with Gasteiger partial charge in [0.25, 0.3) is 5.91 Å². The van der Waals surface area contributed by atoms with Gasteiger partial charge in [0.2, 0.25) is 0 Å². The van der Waals surface area contributed by atoms with E-state index in [4.69, 9.17) is 0 Å². The van der Waals surface area contributed by atoms with Gasteiger partial charge in [-0.2, -0.15) is 0 Å². The molecule has 7 heteroatoms. The molecule has 2 N–H and O–H groups in total. The fourth-order valence-electron chi connectivity index (χ4n) is 2.48. The lowest BCUT2D eigenvalue weighted by molar-refractivity contribution is 0.0661. The van der Waals surface area contributed by atoms with Crippen molar-refractivity contribution in [1.82, 2.24) is 5.32 Å². The summed E-state index contributed by atoms with van der Waals surface area (Å²) in [6, 6.07) is 0.320. The third kappa shape index (κ3) is 3.34. The highest BCUT2D eigenvalue weighted by Crippen LogP contribution is 2.24. The molecule has 0 aromatic heterocycles. The number of rotatable bonds is 3. The number of halogens is 4. The molecule has 0 heterocycles. The zero-order valence-corrected chi connectivity index (χ0v) is 11.1. The van der Waals surface area contributed by atoms with Gasteiger partial charge >= 0.3 is 0 Å². The van der Waals surface area contributed by atoms with Crippen LogP contribution in [-0.4, -0.2) is 23.7 Å². The second kappa shape index (κ2) is 6.43. The molecule has 0 saturated heterocycles. The van der Waals surface area contributed by atoms with Crippen LogP contribution in [0.5, 0.6) is 0 Å². The molecule has 2 rings (SSSR count). The Hall–Kier alpha value is -1.63. The van der Waals surface area contributed by atoms with Gasteiger partial charge in [0, 0.05) is 12.5 Å². The van der Waals surface area contributed by atoms with E-state index in [2.05, 4.69) is 5.32 Å². The number of nitrogens with one attached hydrogen (secondary N) is 1. The van der Waals surface area contributed by atoms with E-state index in [1.807, 2.05) is 0 Å². The average Bonchev–Trinajstić information content (AvgIpc) is 2.47. The number of aliphatic hydroxyl groups excluding tert-OH is 1. The van der Waals surface area contributed by atoms with Gasteiger partial charge in [-0.3, -0.25) is 4.79 Å². The Balaban J connectivity index is 2.07. The van der Waals surface area contributed by atoms with Crippen molar-refractivity contribution in [3.05, 3.63) is 34.9 Å². The standard InChI is InChI=1S/C14H15F4NO2/c15-9-5-8(11(16)13(18)12(9)17)14(21)19-6-7-3-1-2-4-10(7)20/h5,7,10,20H,1-4,6H2,(H,19,21). The lowest BCUT2D eigenvalue weighted by atomic mass is 9.86. The summed E-state index contributed by atoms with van der Waals surface area (Å²) in [7, 11) is 0. The number of amides is 1. The van der Waals surface area contributed by atoms with Crippen LogP contribution in [0.4, 0.5) is 17.6 Å². The summed E-state index contributed by atoms with van der Waals surface area (Å²) < 4.78 is 52.3. The van der Waals surface area contributed by atoms with Gasteiger partial charge in [0.1, 0.15) is 0 Å². The number of benzene rings is 1. The van der Waals surface area contributed by atoms with Crippen LogP contribution in [0.3, 0.4) is 0 Å². The van der Waals surface area contributed by atoms with Crippen molar-refractivity contribution in [3.8, 4) is 0 Å². The Kier molecular flexibility index (Phi) is 4.82. The van der Waals surface area contributed by atoms with Crippen LogP contribution in [0.2, 0.25) is 0 Å². The first-order valence-electron chi connectivity index (χ1n) is 6.71. The van der Waals surface area contributed by atoms with Crippen LogP contribution in [0.25, 0.3) is 0 Å². The highest BCUT2D eigenvalue weighted by Gasteiger charge is 2.26. The Labute approximate surface area is 119 Å². The van der Waals surface area contributed by atoms with E-state index in [0.29, 0.717) is 18.9 Å². The van der Waals surface area contributed by atoms with Crippen LogP contribution in [0.1, 0.15) is 36.0 Å². The number of hydrogen-bond acceptors (Lipinski definition) is 2. The average molecular weight is 305 g/mol. The Morgan fingerprint density at radius 2 is 1.81 bits per heavy atom. The maximum Gasteiger partial charge on any atom is 0.254 e. The van der Waals surface area contributed by atoms with Gasteiger partial charge in [-0.25, -0.2) is 17.6 Å². The number of hydrogen-bond donors (Lipinski definition) is 2. The summed E-state index contributed by atoms with van der Waals surface area (Å²) in [5.74, 6) is -8.54. The zero-order valence-electron chi connectivity index (χ0n) is 11.1. The van der Waals surface area contributed by atoms with Crippen molar-refractivity contribution < 1.29 is 27.5 Å². The first-order chi connectivity index (χ1) is 9.91. The predicted octanol–water partition coefficient (Wildman–Crippen LogP) is 2.52. The maximum atomic E-state index is 13.4. The molecule has 1 amide bonds. The molecule has 1 aliphatic rings. The van der Waals surface area contributed by atoms with E-state index < -0.39 is 40.8 Å². The molecule has 2 atom stereocenters. The molecule has 2 unspecified atom stereocenters. The second-order valence-electron chi connectivity index (χ2n) is 5.17. The van der Waals surface area contributed by atoms with E-state index in [-0.39, 0.29) is 12.5 Å². The number of aliphatic hydroxyl groups is 1. The van der Waals surface area contributed by atoms with Crippen LogP contribution >= 0.6 is 0 Å². The second-order valence-corrected chi connectivity index (χ2v) is 5.17. The highest BCUT2D eigenvalue weighted by molar-refractivity contribution is 5.94. The molecule has 0 spiro atoms. The molecule has 1 aromatic rings. The van der Waals surface area contributed by atoms with Gasteiger partial charge in [-0.05, 0) is 18.9 Å². The fraction of sp³-hybridized carbons (Fsp3) is 0.500. The van der Waals surface area contributed by atoms with Crippen LogP contribution in [0, 0.1) is 29.2 Å². The van der Waals surface area contributed by atoms with Crippen molar-refractivity contribution in [2.24, 2.45) is 5.92 Å². The summed E-state index contributed by atoms with van der Waals surface area (Å²) in [5, 5.41) is 12.1. The summed E-state index contributed by atoms with van der Waals surface area (Å²) in [6.07, 6.45) is 2.57. The molecule has 3 nitrogen and oxygen atoms in total. The smallest absolute Gasteiger partial charge is 0.254 e. The minimum Gasteiger partial charge on any atom is -0.393 e. The molecule has 0 bridgehead atoms. The molecular formula is C14H15F4NO2. The monoisotopic (exact) mass is 305 g/mol. The molecule has 1 fully saturated rings. The normalized spacial score (nSPS) is 22.1. The van der Waals surface area contributed by atoms with Crippen molar-refractivity contribution in [3.63, 3.8) is 0 Å². The van der Waals surface area contributed by atoms with Crippen LogP contribution in [-0.2, 0) is 0 Å². The minimum atomic E-state index is -2.02. The molecule has 21 heavy (non-hydrogen) atoms. The van der Waals surface area contributed by atoms with Crippen molar-refractivity contribution >= 4 is 5.91 Å². The summed E-state index contributed by atoms with van der Waals surface area (Å²) in [4.78, 5) is 11.7. The van der Waals surface area contributed by atoms with Gasteiger partial charge in [0.05, 0.1) is 11.7 Å². The zero-order chi connectivity index (χ0) is 15.6. The summed E-state index contributed by atoms with van der Waals surface area (Å²) in [5.41, 5.74) is -0.892. The van der Waals surface area contributed by atoms with E-state index in [9.17, 15) is 27.5 Å². The Bertz CT molecular complexity index is 550. The molecule has 1 saturated carbocycles. The third-order valence-corrected chi connectivity index (χ3v) is 3.74. The molecule has 0 radical (unpaired) electrons. The topological polar surface area (TPSA) is 49.3 Å². The minimum absolute atomic E-state index is 0.0695. The SMILES string of the molecule is O=C(NCC1CCCCC1O)c1cc(F)c(F)c(F)c1F. The molecule has 116 valence electrons. The molecule has 1 aliphatic carbocycles. The van der Waals surface area contributed by atoms with E-state index in [1.54, 1.807) is 0 Å². The third-order valence-electron chi connectivity index (χ3n) is 3.74. The molecule has 1 aromatic carbocycles. The Morgan fingerprint density at radius 3 is 2.48 bits per heavy atom. The largest absolute Gasteiger partial charge is 0.393 e. The van der Waals surface area contributed by atoms with Gasteiger partial charge in [0.15, 0.2) is 23.3 Å². The quantitative estimate of drug-likeness (QED) is 0.512. The first kappa shape index (κ1) is 15.8. The van der Waals surface area contributed by atoms with Gasteiger partial charge in [-0.1, -0.05) is 12.8 Å². The Morgan fingerprint density at radius 1 is 1.14 bits per heavy atom. The number of carbonyl (C=O) groups excluding carboxylic acids is 1. The van der Waals surface area contributed by atoms with E-state index >= 15 is 0 Å². The molecular weight excluding hydrogens is 290 g/mol. The predicted molar refractivity (Wildman–Crippen MR) is 66.6 cm³/mol. The fourth-order valence-corrected chi connectivity index (χ4v) is 2.48. The van der Waals surface area contributed by atoms with Crippen molar-refractivity contribution in [1.29, 1.82) is 0 Å². The summed E-state index contributed by atoms with van der Waals surface area (Å²) in [6.45, 7) is 0.0695. The first-order valence-corrected chi connectivity index (χ1v) is 6.71. The highest BCUT2D eigenvalue weighted by atomic mass is 19.2. The van der Waals surface area contributed by atoms with E-state index in [0.717, 1.165) is 12.8 Å². The van der Waals surface area contributed by atoms with Crippen molar-refractivity contribution in [2.75, 3.05) is 6.54 Å². The van der Waals surface area contributed by atoms with Crippen LogP contribution < -0.4 is 5.32 Å². The van der Waals surface area contributed by atoms with E-state index in [1.165, 1.54) is 0 Å². The lowest BCUT2D eigenvalue weighted by Gasteiger charge is -2.27. The maximum absolute atomic E-state index is 13.4. The summed E-state index contributed by atoms with van der Waals surface area (Å²) >= 11 is 0. The van der Waals surface area contributed by atoms with Gasteiger partial charge < -0.3 is 10.4 Å². The lowest BCUT2D eigenvalue weighted by Crippen LogP contribution is -2.37. The molecule has 0 aliphatic heterocycles.